The molecule has 0 rings (SSSR count). The molecule has 0 aliphatic rings. The van der Waals surface area contributed by atoms with E-state index in [0.717, 1.165) is 19.4 Å². The van der Waals surface area contributed by atoms with Gasteiger partial charge >= 0.3 is 0 Å². The monoisotopic (exact) mass is 212 g/mol. The Morgan fingerprint density at radius 3 is 2.67 bits per heavy atom. The largest absolute Gasteiger partial charge is 0.381 e. The van der Waals surface area contributed by atoms with Crippen molar-refractivity contribution in [1.82, 2.24) is 5.32 Å². The minimum absolute atomic E-state index is 0.222. The molecule has 0 aromatic carbocycles. The van der Waals surface area contributed by atoms with Gasteiger partial charge in [0.25, 0.3) is 0 Å². The average molecular weight is 212 g/mol. The Morgan fingerprint density at radius 1 is 1.47 bits per heavy atom. The Morgan fingerprint density at radius 2 is 2.13 bits per heavy atom. The van der Waals surface area contributed by atoms with E-state index in [9.17, 15) is 4.79 Å². The maximum Gasteiger partial charge on any atom is 0.239 e. The number of hydrogen-bond acceptors (Lipinski definition) is 3. The summed E-state index contributed by atoms with van der Waals surface area (Å²) in [4.78, 5) is 11.4. The molecule has 0 saturated carbocycles. The van der Waals surface area contributed by atoms with Gasteiger partial charge in [-0.15, -0.1) is 0 Å². The molecule has 86 valence electrons. The van der Waals surface area contributed by atoms with Gasteiger partial charge in [-0.2, -0.15) is 5.26 Å². The first-order chi connectivity index (χ1) is 7.04. The zero-order valence-corrected chi connectivity index (χ0v) is 9.80. The van der Waals surface area contributed by atoms with Crippen molar-refractivity contribution in [3.05, 3.63) is 0 Å². The van der Waals surface area contributed by atoms with Crippen LogP contribution in [0.15, 0.2) is 0 Å². The number of nitriles is 1. The summed E-state index contributed by atoms with van der Waals surface area (Å²) in [7, 11) is 0. The number of carbonyl (C=O) groups is 1. The van der Waals surface area contributed by atoms with Gasteiger partial charge in [0, 0.05) is 19.8 Å². The summed E-state index contributed by atoms with van der Waals surface area (Å²) < 4.78 is 5.26. The molecule has 4 heteroatoms. The highest BCUT2D eigenvalue weighted by molar-refractivity contribution is 5.84. The van der Waals surface area contributed by atoms with Gasteiger partial charge in [0.15, 0.2) is 0 Å². The number of rotatable bonds is 7. The van der Waals surface area contributed by atoms with Gasteiger partial charge in [-0.3, -0.25) is 4.79 Å². The Bertz CT molecular complexity index is 231. The fraction of sp³-hybridized carbons (Fsp3) is 0.818. The molecule has 0 spiro atoms. The standard InChI is InChI=1S/C11H20N2O2/c1-4-7-15-8-5-6-13-10(14)11(2,3)9-12/h4-8H2,1-3H3,(H,13,14). The van der Waals surface area contributed by atoms with Crippen LogP contribution in [0.4, 0.5) is 0 Å². The Hall–Kier alpha value is -1.08. The van der Waals surface area contributed by atoms with Crippen LogP contribution in [-0.2, 0) is 9.53 Å². The Balaban J connectivity index is 3.53. The van der Waals surface area contributed by atoms with Crippen LogP contribution in [0.1, 0.15) is 33.6 Å². The number of carbonyl (C=O) groups excluding carboxylic acids is 1. The summed E-state index contributed by atoms with van der Waals surface area (Å²) >= 11 is 0. The lowest BCUT2D eigenvalue weighted by Gasteiger charge is -2.14. The van der Waals surface area contributed by atoms with Gasteiger partial charge in [-0.25, -0.2) is 0 Å². The molecule has 1 N–H and O–H groups in total. The van der Waals surface area contributed by atoms with E-state index < -0.39 is 5.41 Å². The van der Waals surface area contributed by atoms with Crippen LogP contribution in [0.25, 0.3) is 0 Å². The van der Waals surface area contributed by atoms with Gasteiger partial charge in [0.05, 0.1) is 6.07 Å². The molecule has 0 radical (unpaired) electrons. The van der Waals surface area contributed by atoms with Gasteiger partial charge in [0.2, 0.25) is 5.91 Å². The first-order valence-corrected chi connectivity index (χ1v) is 5.32. The second kappa shape index (κ2) is 7.24. The first kappa shape index (κ1) is 13.9. The fourth-order valence-corrected chi connectivity index (χ4v) is 0.894. The van der Waals surface area contributed by atoms with E-state index in [0.29, 0.717) is 13.2 Å². The van der Waals surface area contributed by atoms with Crippen LogP contribution >= 0.6 is 0 Å². The van der Waals surface area contributed by atoms with Crippen LogP contribution in [0, 0.1) is 16.7 Å². The highest BCUT2D eigenvalue weighted by atomic mass is 16.5. The summed E-state index contributed by atoms with van der Waals surface area (Å²) in [6.45, 7) is 7.25. The topological polar surface area (TPSA) is 62.1 Å². The van der Waals surface area contributed by atoms with Crippen molar-refractivity contribution in [2.24, 2.45) is 5.41 Å². The van der Waals surface area contributed by atoms with Gasteiger partial charge in [0.1, 0.15) is 5.41 Å². The molecule has 4 nitrogen and oxygen atoms in total. The van der Waals surface area contributed by atoms with E-state index in [1.54, 1.807) is 13.8 Å². The second-order valence-electron chi connectivity index (χ2n) is 3.96. The fourth-order valence-electron chi connectivity index (χ4n) is 0.894. The summed E-state index contributed by atoms with van der Waals surface area (Å²) in [6, 6.07) is 1.96. The predicted molar refractivity (Wildman–Crippen MR) is 58.1 cm³/mol. The number of nitrogens with one attached hydrogen (secondary N) is 1. The molecule has 0 unspecified atom stereocenters. The van der Waals surface area contributed by atoms with Crippen LogP contribution in [0.5, 0.6) is 0 Å². The van der Waals surface area contributed by atoms with Crippen LogP contribution in [-0.4, -0.2) is 25.7 Å². The van der Waals surface area contributed by atoms with Crippen molar-refractivity contribution in [2.45, 2.75) is 33.6 Å². The van der Waals surface area contributed by atoms with Gasteiger partial charge in [-0.05, 0) is 26.7 Å². The normalized spacial score (nSPS) is 10.8. The van der Waals surface area contributed by atoms with E-state index in [1.807, 2.05) is 6.07 Å². The van der Waals surface area contributed by atoms with Crippen molar-refractivity contribution >= 4 is 5.91 Å². The van der Waals surface area contributed by atoms with Crippen LogP contribution in [0.2, 0.25) is 0 Å². The third-order valence-electron chi connectivity index (χ3n) is 1.95. The van der Waals surface area contributed by atoms with E-state index in [2.05, 4.69) is 12.2 Å². The zero-order valence-electron chi connectivity index (χ0n) is 9.80. The lowest BCUT2D eigenvalue weighted by Crippen LogP contribution is -2.36. The molecule has 0 bridgehead atoms. The van der Waals surface area contributed by atoms with Crippen molar-refractivity contribution < 1.29 is 9.53 Å². The molecular weight excluding hydrogens is 192 g/mol. The van der Waals surface area contributed by atoms with E-state index in [1.165, 1.54) is 0 Å². The number of amides is 1. The second-order valence-corrected chi connectivity index (χ2v) is 3.96. The average Bonchev–Trinajstić information content (AvgIpc) is 2.22. The lowest BCUT2D eigenvalue weighted by atomic mass is 9.95. The Labute approximate surface area is 91.6 Å². The molecule has 0 aromatic heterocycles. The molecule has 0 aliphatic carbocycles. The zero-order chi connectivity index (χ0) is 11.7. The van der Waals surface area contributed by atoms with Crippen LogP contribution < -0.4 is 5.32 Å². The molecule has 0 atom stereocenters. The summed E-state index contributed by atoms with van der Waals surface area (Å²) in [6.07, 6.45) is 1.79. The third kappa shape index (κ3) is 6.08. The number of nitrogens with zero attached hydrogens (tertiary/aromatic N) is 1. The molecule has 1 amide bonds. The van der Waals surface area contributed by atoms with Crippen LogP contribution in [0.3, 0.4) is 0 Å². The molecular formula is C11H20N2O2. The molecule has 0 aromatic rings. The molecule has 0 saturated heterocycles. The molecule has 15 heavy (non-hydrogen) atoms. The maximum absolute atomic E-state index is 11.4. The van der Waals surface area contributed by atoms with E-state index in [4.69, 9.17) is 10.00 Å². The highest BCUT2D eigenvalue weighted by Crippen LogP contribution is 2.12. The Kier molecular flexibility index (Phi) is 6.72. The summed E-state index contributed by atoms with van der Waals surface area (Å²) in [5, 5.41) is 11.4. The number of ether oxygens (including phenoxy) is 1. The highest BCUT2D eigenvalue weighted by Gasteiger charge is 2.26. The van der Waals surface area contributed by atoms with E-state index in [-0.39, 0.29) is 5.91 Å². The first-order valence-electron chi connectivity index (χ1n) is 5.32. The smallest absolute Gasteiger partial charge is 0.239 e. The summed E-state index contributed by atoms with van der Waals surface area (Å²) in [5.74, 6) is -0.222. The van der Waals surface area contributed by atoms with Crippen molar-refractivity contribution in [1.29, 1.82) is 5.26 Å². The minimum atomic E-state index is -0.940. The van der Waals surface area contributed by atoms with Crippen molar-refractivity contribution in [3.63, 3.8) is 0 Å². The quantitative estimate of drug-likeness (QED) is 0.650. The van der Waals surface area contributed by atoms with Crippen molar-refractivity contribution in [2.75, 3.05) is 19.8 Å². The molecule has 0 aliphatic heterocycles. The SMILES string of the molecule is CCCOCCCNC(=O)C(C)(C)C#N. The molecule has 0 fully saturated rings. The number of hydrogen-bond donors (Lipinski definition) is 1. The minimum Gasteiger partial charge on any atom is -0.381 e. The predicted octanol–water partition coefficient (Wildman–Crippen LogP) is 1.47. The van der Waals surface area contributed by atoms with Gasteiger partial charge in [-0.1, -0.05) is 6.92 Å². The van der Waals surface area contributed by atoms with Crippen molar-refractivity contribution in [3.8, 4) is 6.07 Å². The summed E-state index contributed by atoms with van der Waals surface area (Å²) in [5.41, 5.74) is -0.940. The third-order valence-corrected chi connectivity index (χ3v) is 1.95. The van der Waals surface area contributed by atoms with Gasteiger partial charge < -0.3 is 10.1 Å². The maximum atomic E-state index is 11.4. The lowest BCUT2D eigenvalue weighted by molar-refractivity contribution is -0.126. The van der Waals surface area contributed by atoms with E-state index >= 15 is 0 Å². The molecule has 0 heterocycles.